The first-order chi connectivity index (χ1) is 8.50. The number of nitrogens with zero attached hydrogens (tertiary/aromatic N) is 2. The average molecular weight is 261 g/mol. The van der Waals surface area contributed by atoms with E-state index in [0.717, 1.165) is 6.20 Å². The Kier molecular flexibility index (Phi) is 5.37. The van der Waals surface area contributed by atoms with Crippen molar-refractivity contribution in [1.29, 1.82) is 0 Å². The molecule has 0 aromatic carbocycles. The van der Waals surface area contributed by atoms with Gasteiger partial charge in [0.25, 0.3) is 12.1 Å². The maximum atomic E-state index is 11.7. The van der Waals surface area contributed by atoms with E-state index in [-0.39, 0.29) is 12.3 Å². The van der Waals surface area contributed by atoms with Crippen LogP contribution in [0.15, 0.2) is 12.3 Å². The molecule has 0 bridgehead atoms. The van der Waals surface area contributed by atoms with E-state index in [4.69, 9.17) is 0 Å². The highest BCUT2D eigenvalue weighted by molar-refractivity contribution is 5.48. The van der Waals surface area contributed by atoms with E-state index in [1.807, 2.05) is 0 Å². The van der Waals surface area contributed by atoms with Gasteiger partial charge in [-0.2, -0.15) is 0 Å². The Morgan fingerprint density at radius 1 is 1.61 bits per heavy atom. The Bertz CT molecular complexity index is 415. The largest absolute Gasteiger partial charge is 0.374 e. The van der Waals surface area contributed by atoms with Crippen LogP contribution in [-0.2, 0) is 4.74 Å². The maximum Gasteiger partial charge on any atom is 0.287 e. The SMILES string of the molecule is Cc1cc([N+](=O)[O-])cnc1NCCOCC(F)F. The topological polar surface area (TPSA) is 77.3 Å². The Labute approximate surface area is 102 Å². The summed E-state index contributed by atoms with van der Waals surface area (Å²) in [4.78, 5) is 13.8. The van der Waals surface area contributed by atoms with Crippen LogP contribution in [0, 0.1) is 17.0 Å². The van der Waals surface area contributed by atoms with Gasteiger partial charge in [-0.15, -0.1) is 0 Å². The van der Waals surface area contributed by atoms with E-state index < -0.39 is 18.0 Å². The molecule has 100 valence electrons. The van der Waals surface area contributed by atoms with Gasteiger partial charge < -0.3 is 10.1 Å². The summed E-state index contributed by atoms with van der Waals surface area (Å²) >= 11 is 0. The van der Waals surface area contributed by atoms with Crippen LogP contribution in [-0.4, -0.2) is 36.1 Å². The molecule has 0 radical (unpaired) electrons. The second-order valence-corrected chi connectivity index (χ2v) is 3.51. The molecule has 0 saturated carbocycles. The molecule has 1 aromatic heterocycles. The van der Waals surface area contributed by atoms with Crippen molar-refractivity contribution in [2.45, 2.75) is 13.3 Å². The molecule has 0 fully saturated rings. The van der Waals surface area contributed by atoms with Crippen molar-refractivity contribution in [3.63, 3.8) is 0 Å². The van der Waals surface area contributed by atoms with Crippen LogP contribution < -0.4 is 5.32 Å². The number of alkyl halides is 2. The molecule has 1 heterocycles. The molecule has 0 aliphatic heterocycles. The maximum absolute atomic E-state index is 11.7. The predicted octanol–water partition coefficient (Wildman–Crippen LogP) is 1.99. The molecule has 0 amide bonds. The highest BCUT2D eigenvalue weighted by atomic mass is 19.3. The fourth-order valence-corrected chi connectivity index (χ4v) is 1.26. The normalized spacial score (nSPS) is 10.7. The highest BCUT2D eigenvalue weighted by Gasteiger charge is 2.09. The minimum absolute atomic E-state index is 0.0907. The summed E-state index contributed by atoms with van der Waals surface area (Å²) in [5.41, 5.74) is 0.519. The Hall–Kier alpha value is -1.83. The molecule has 0 aliphatic carbocycles. The molecule has 18 heavy (non-hydrogen) atoms. The lowest BCUT2D eigenvalue weighted by Gasteiger charge is -2.08. The quantitative estimate of drug-likeness (QED) is 0.461. The summed E-state index contributed by atoms with van der Waals surface area (Å²) in [6.45, 7) is 1.48. The lowest BCUT2D eigenvalue weighted by Crippen LogP contribution is -2.14. The number of halogens is 2. The van der Waals surface area contributed by atoms with Gasteiger partial charge in [0.1, 0.15) is 18.6 Å². The van der Waals surface area contributed by atoms with Crippen LogP contribution in [0.2, 0.25) is 0 Å². The van der Waals surface area contributed by atoms with Crippen molar-refractivity contribution in [2.24, 2.45) is 0 Å². The van der Waals surface area contributed by atoms with Gasteiger partial charge in [-0.3, -0.25) is 10.1 Å². The van der Waals surface area contributed by atoms with Crippen molar-refractivity contribution < 1.29 is 18.4 Å². The van der Waals surface area contributed by atoms with Gasteiger partial charge in [0, 0.05) is 12.6 Å². The van der Waals surface area contributed by atoms with Crippen LogP contribution >= 0.6 is 0 Å². The van der Waals surface area contributed by atoms with E-state index >= 15 is 0 Å². The van der Waals surface area contributed by atoms with E-state index in [1.165, 1.54) is 6.07 Å². The molecule has 6 nitrogen and oxygen atoms in total. The van der Waals surface area contributed by atoms with Crippen molar-refractivity contribution >= 4 is 11.5 Å². The first-order valence-corrected chi connectivity index (χ1v) is 5.21. The smallest absolute Gasteiger partial charge is 0.287 e. The number of hydrogen-bond acceptors (Lipinski definition) is 5. The monoisotopic (exact) mass is 261 g/mol. The third-order valence-electron chi connectivity index (χ3n) is 2.06. The van der Waals surface area contributed by atoms with E-state index in [2.05, 4.69) is 15.0 Å². The van der Waals surface area contributed by atoms with Crippen molar-refractivity contribution in [3.05, 3.63) is 27.9 Å². The van der Waals surface area contributed by atoms with Crippen LogP contribution in [0.3, 0.4) is 0 Å². The molecule has 1 aromatic rings. The molecule has 0 atom stereocenters. The molecule has 8 heteroatoms. The predicted molar refractivity (Wildman–Crippen MR) is 60.9 cm³/mol. The minimum atomic E-state index is -2.48. The second kappa shape index (κ2) is 6.80. The van der Waals surface area contributed by atoms with Gasteiger partial charge in [-0.25, -0.2) is 13.8 Å². The number of aromatic nitrogens is 1. The zero-order valence-corrected chi connectivity index (χ0v) is 9.73. The van der Waals surface area contributed by atoms with E-state index in [9.17, 15) is 18.9 Å². The number of aryl methyl sites for hydroxylation is 1. The van der Waals surface area contributed by atoms with Crippen LogP contribution in [0.1, 0.15) is 5.56 Å². The van der Waals surface area contributed by atoms with E-state index in [1.54, 1.807) is 6.92 Å². The Morgan fingerprint density at radius 2 is 2.33 bits per heavy atom. The summed E-state index contributed by atoms with van der Waals surface area (Å²) in [6, 6.07) is 1.38. The van der Waals surface area contributed by atoms with Crippen LogP contribution in [0.4, 0.5) is 20.3 Å². The minimum Gasteiger partial charge on any atom is -0.374 e. The zero-order chi connectivity index (χ0) is 13.5. The van der Waals surface area contributed by atoms with Gasteiger partial charge in [-0.1, -0.05) is 0 Å². The molecule has 0 aliphatic rings. The summed E-state index contributed by atoms with van der Waals surface area (Å²) in [7, 11) is 0. The van der Waals surface area contributed by atoms with Crippen LogP contribution in [0.25, 0.3) is 0 Å². The fourth-order valence-electron chi connectivity index (χ4n) is 1.26. The lowest BCUT2D eigenvalue weighted by atomic mass is 10.2. The Morgan fingerprint density at radius 3 is 2.89 bits per heavy atom. The third kappa shape index (κ3) is 4.58. The molecule has 0 unspecified atom stereocenters. The molecular formula is C10H13F2N3O3. The van der Waals surface area contributed by atoms with Gasteiger partial charge >= 0.3 is 0 Å². The number of ether oxygens (including phenoxy) is 1. The summed E-state index contributed by atoms with van der Waals surface area (Å²) in [6.07, 6.45) is -1.35. The van der Waals surface area contributed by atoms with Gasteiger partial charge in [-0.05, 0) is 12.5 Å². The molecule has 1 rings (SSSR count). The van der Waals surface area contributed by atoms with Gasteiger partial charge in [0.05, 0.1) is 11.5 Å². The van der Waals surface area contributed by atoms with Crippen molar-refractivity contribution in [2.75, 3.05) is 25.1 Å². The number of hydrogen-bond donors (Lipinski definition) is 1. The molecule has 0 spiro atoms. The second-order valence-electron chi connectivity index (χ2n) is 3.51. The molecule has 1 N–H and O–H groups in total. The summed E-state index contributed by atoms with van der Waals surface area (Å²) in [5, 5.41) is 13.3. The third-order valence-corrected chi connectivity index (χ3v) is 2.06. The molecular weight excluding hydrogens is 248 g/mol. The van der Waals surface area contributed by atoms with E-state index in [0.29, 0.717) is 17.9 Å². The van der Waals surface area contributed by atoms with Crippen LogP contribution in [0.5, 0.6) is 0 Å². The number of nitro groups is 1. The van der Waals surface area contributed by atoms with Gasteiger partial charge in [0.15, 0.2) is 0 Å². The van der Waals surface area contributed by atoms with Crippen molar-refractivity contribution in [3.8, 4) is 0 Å². The number of anilines is 1. The highest BCUT2D eigenvalue weighted by Crippen LogP contribution is 2.17. The number of pyridine rings is 1. The molecule has 0 saturated heterocycles. The first kappa shape index (κ1) is 14.2. The fraction of sp³-hybridized carbons (Fsp3) is 0.500. The lowest BCUT2D eigenvalue weighted by molar-refractivity contribution is -0.385. The number of nitrogens with one attached hydrogen (secondary N) is 1. The standard InChI is InChI=1S/C10H13F2N3O3/c1-7-4-8(15(16)17)5-14-10(7)13-2-3-18-6-9(11)12/h4-5,9H,2-3,6H2,1H3,(H,13,14). The van der Waals surface area contributed by atoms with Crippen molar-refractivity contribution in [1.82, 2.24) is 4.98 Å². The Balaban J connectivity index is 2.41. The summed E-state index contributed by atoms with van der Waals surface area (Å²) < 4.78 is 28.2. The average Bonchev–Trinajstić information content (AvgIpc) is 2.29. The van der Waals surface area contributed by atoms with Gasteiger partial charge in [0.2, 0.25) is 0 Å². The number of rotatable bonds is 7. The first-order valence-electron chi connectivity index (χ1n) is 5.21. The summed E-state index contributed by atoms with van der Waals surface area (Å²) in [5.74, 6) is 0.473. The zero-order valence-electron chi connectivity index (χ0n) is 9.73.